The molecule has 0 bridgehead atoms. The van der Waals surface area contributed by atoms with Crippen molar-refractivity contribution in [3.63, 3.8) is 0 Å². The van der Waals surface area contributed by atoms with E-state index in [1.165, 1.54) is 13.8 Å². The van der Waals surface area contributed by atoms with Gasteiger partial charge in [-0.2, -0.15) is 0 Å². The van der Waals surface area contributed by atoms with Gasteiger partial charge >= 0.3 is 8.03 Å². The first-order chi connectivity index (χ1) is 12.5. The highest BCUT2D eigenvalue weighted by Crippen LogP contribution is 2.39. The highest BCUT2D eigenvalue weighted by molar-refractivity contribution is 7.38. The highest BCUT2D eigenvalue weighted by atomic mass is 31.1. The lowest BCUT2D eigenvalue weighted by Gasteiger charge is -2.12. The number of ether oxygens (including phenoxy) is 4. The first-order valence-corrected chi connectivity index (χ1v) is 9.39. The van der Waals surface area contributed by atoms with Crippen molar-refractivity contribution in [2.45, 2.75) is 0 Å². The van der Waals surface area contributed by atoms with Gasteiger partial charge in [0.2, 0.25) is 11.5 Å². The summed E-state index contributed by atoms with van der Waals surface area (Å²) in [4.78, 5) is 0. The SMILES string of the molecule is COc1ccc(/C=C\c2cc(OC)c(OC)c(OC)c2)cc1O[P+](C)=O. The molecule has 0 heterocycles. The molecule has 0 N–H and O–H groups in total. The third-order valence-electron chi connectivity index (χ3n) is 3.57. The van der Waals surface area contributed by atoms with E-state index >= 15 is 0 Å². The van der Waals surface area contributed by atoms with Gasteiger partial charge in [-0.3, -0.25) is 4.52 Å². The van der Waals surface area contributed by atoms with E-state index in [0.717, 1.165) is 11.1 Å². The molecule has 6 nitrogen and oxygen atoms in total. The number of hydrogen-bond donors (Lipinski definition) is 0. The maximum Gasteiger partial charge on any atom is 0.552 e. The smallest absolute Gasteiger partial charge is 0.493 e. The van der Waals surface area contributed by atoms with E-state index in [9.17, 15) is 4.57 Å². The van der Waals surface area contributed by atoms with Crippen LogP contribution in [0.15, 0.2) is 30.3 Å². The summed E-state index contributed by atoms with van der Waals surface area (Å²) in [6.07, 6.45) is 3.80. The Kier molecular flexibility index (Phi) is 6.87. The molecular formula is C19H22O6P+. The molecule has 0 aliphatic heterocycles. The summed E-state index contributed by atoms with van der Waals surface area (Å²) in [7, 11) is 4.46. The number of hydrogen-bond acceptors (Lipinski definition) is 6. The van der Waals surface area contributed by atoms with Crippen molar-refractivity contribution in [3.05, 3.63) is 41.5 Å². The highest BCUT2D eigenvalue weighted by Gasteiger charge is 2.15. The largest absolute Gasteiger partial charge is 0.552 e. The molecular weight excluding hydrogens is 355 g/mol. The molecule has 1 unspecified atom stereocenters. The molecule has 2 rings (SSSR count). The van der Waals surface area contributed by atoms with Crippen LogP contribution in [-0.2, 0) is 4.57 Å². The first kappa shape index (κ1) is 19.6. The van der Waals surface area contributed by atoms with Crippen LogP contribution in [0.1, 0.15) is 11.1 Å². The van der Waals surface area contributed by atoms with Gasteiger partial charge in [0.1, 0.15) is 0 Å². The van der Waals surface area contributed by atoms with Crippen LogP contribution >= 0.6 is 8.03 Å². The van der Waals surface area contributed by atoms with Crippen molar-refractivity contribution in [3.8, 4) is 28.7 Å². The summed E-state index contributed by atoms with van der Waals surface area (Å²) in [5, 5.41) is 0. The Hall–Kier alpha value is -2.72. The Balaban J connectivity index is 2.36. The Labute approximate surface area is 154 Å². The van der Waals surface area contributed by atoms with Crippen molar-refractivity contribution in [2.24, 2.45) is 0 Å². The van der Waals surface area contributed by atoms with Crippen LogP contribution in [0.25, 0.3) is 12.2 Å². The second-order valence-corrected chi connectivity index (χ2v) is 6.30. The van der Waals surface area contributed by atoms with Crippen LogP contribution in [-0.4, -0.2) is 35.1 Å². The fourth-order valence-corrected chi connectivity index (χ4v) is 2.82. The van der Waals surface area contributed by atoms with Gasteiger partial charge in [-0.15, -0.1) is 0 Å². The Morgan fingerprint density at radius 1 is 0.731 bits per heavy atom. The summed E-state index contributed by atoms with van der Waals surface area (Å²) in [6, 6.07) is 9.11. The Bertz CT molecular complexity index is 791. The van der Waals surface area contributed by atoms with Gasteiger partial charge in [-0.1, -0.05) is 18.2 Å². The van der Waals surface area contributed by atoms with Crippen molar-refractivity contribution in [1.82, 2.24) is 0 Å². The molecule has 0 spiro atoms. The third kappa shape index (κ3) is 4.67. The fourth-order valence-electron chi connectivity index (χ4n) is 2.40. The zero-order valence-electron chi connectivity index (χ0n) is 15.4. The van der Waals surface area contributed by atoms with Crippen molar-refractivity contribution >= 4 is 20.2 Å². The zero-order chi connectivity index (χ0) is 19.1. The van der Waals surface area contributed by atoms with Gasteiger partial charge in [0.05, 0.1) is 28.4 Å². The predicted molar refractivity (Wildman–Crippen MR) is 102 cm³/mol. The molecule has 1 atom stereocenters. The average Bonchev–Trinajstić information content (AvgIpc) is 2.65. The summed E-state index contributed by atoms with van der Waals surface area (Å²) >= 11 is 0. The van der Waals surface area contributed by atoms with E-state index in [2.05, 4.69) is 0 Å². The lowest BCUT2D eigenvalue weighted by molar-refractivity contribution is 0.324. The maximum absolute atomic E-state index is 11.4. The lowest BCUT2D eigenvalue weighted by Crippen LogP contribution is -1.95. The summed E-state index contributed by atoms with van der Waals surface area (Å²) in [6.45, 7) is 1.49. The van der Waals surface area contributed by atoms with Crippen LogP contribution in [0.5, 0.6) is 28.7 Å². The number of methoxy groups -OCH3 is 4. The molecule has 0 fully saturated rings. The molecule has 26 heavy (non-hydrogen) atoms. The summed E-state index contributed by atoms with van der Waals surface area (Å²) in [5.41, 5.74) is 1.74. The molecule has 0 radical (unpaired) electrons. The van der Waals surface area contributed by atoms with Crippen LogP contribution in [0.3, 0.4) is 0 Å². The Morgan fingerprint density at radius 2 is 1.27 bits per heavy atom. The van der Waals surface area contributed by atoms with Crippen LogP contribution in [0, 0.1) is 0 Å². The minimum atomic E-state index is -1.78. The topological polar surface area (TPSA) is 63.2 Å². The fraction of sp³-hybridized carbons (Fsp3) is 0.263. The quantitative estimate of drug-likeness (QED) is 0.493. The minimum Gasteiger partial charge on any atom is -0.493 e. The van der Waals surface area contributed by atoms with Crippen molar-refractivity contribution in [1.29, 1.82) is 0 Å². The molecule has 0 saturated carbocycles. The third-order valence-corrected chi connectivity index (χ3v) is 4.02. The second-order valence-electron chi connectivity index (χ2n) is 5.23. The average molecular weight is 377 g/mol. The molecule has 138 valence electrons. The molecule has 2 aromatic rings. The Morgan fingerprint density at radius 3 is 1.77 bits per heavy atom. The molecule has 0 aromatic heterocycles. The second kappa shape index (κ2) is 9.11. The monoisotopic (exact) mass is 377 g/mol. The molecule has 7 heteroatoms. The summed E-state index contributed by atoms with van der Waals surface area (Å²) in [5.74, 6) is 2.66. The lowest BCUT2D eigenvalue weighted by atomic mass is 10.1. The predicted octanol–water partition coefficient (Wildman–Crippen LogP) is 4.64. The van der Waals surface area contributed by atoms with Crippen LogP contribution in [0.4, 0.5) is 0 Å². The van der Waals surface area contributed by atoms with Gasteiger partial charge < -0.3 is 18.9 Å². The molecule has 2 aromatic carbocycles. The van der Waals surface area contributed by atoms with Crippen LogP contribution in [0.2, 0.25) is 0 Å². The first-order valence-electron chi connectivity index (χ1n) is 7.77. The number of rotatable bonds is 8. The van der Waals surface area contributed by atoms with E-state index in [0.29, 0.717) is 28.7 Å². The summed E-state index contributed by atoms with van der Waals surface area (Å²) < 4.78 is 38.0. The van der Waals surface area contributed by atoms with Gasteiger partial charge in [-0.25, -0.2) is 0 Å². The van der Waals surface area contributed by atoms with Gasteiger partial charge in [0.15, 0.2) is 23.9 Å². The minimum absolute atomic E-state index is 0.433. The van der Waals surface area contributed by atoms with Crippen molar-refractivity contribution < 1.29 is 28.0 Å². The van der Waals surface area contributed by atoms with Crippen LogP contribution < -0.4 is 23.5 Å². The van der Waals surface area contributed by atoms with Gasteiger partial charge in [0, 0.05) is 0 Å². The zero-order valence-corrected chi connectivity index (χ0v) is 16.3. The maximum atomic E-state index is 11.4. The molecule has 0 aliphatic rings. The molecule has 0 saturated heterocycles. The van der Waals surface area contributed by atoms with E-state index in [1.807, 2.05) is 30.4 Å². The van der Waals surface area contributed by atoms with Gasteiger partial charge in [0.25, 0.3) is 0 Å². The standard InChI is InChI=1S/C19H22O6P/c1-21-15-9-8-13(10-16(15)25-26(5)20)6-7-14-11-17(22-2)19(24-4)18(12-14)23-3/h6-12H,1-5H3/q+1/b7-6-. The van der Waals surface area contributed by atoms with Gasteiger partial charge in [-0.05, 0) is 40.0 Å². The number of benzene rings is 2. The van der Waals surface area contributed by atoms with E-state index < -0.39 is 8.03 Å². The van der Waals surface area contributed by atoms with E-state index in [4.69, 9.17) is 23.5 Å². The van der Waals surface area contributed by atoms with E-state index in [1.54, 1.807) is 33.5 Å². The normalized spacial score (nSPS) is 11.2. The molecule has 0 aliphatic carbocycles. The van der Waals surface area contributed by atoms with E-state index in [-0.39, 0.29) is 0 Å². The molecule has 0 amide bonds. The van der Waals surface area contributed by atoms with Crippen molar-refractivity contribution in [2.75, 3.05) is 35.1 Å².